The SMILES string of the molecule is Nc1nc2c(ncn2[C@@H]2O[C@H](CO)[C@@H](O)C2OP(=O)(O)O)c(=O)[nH]1. The highest BCUT2D eigenvalue weighted by molar-refractivity contribution is 7.46. The number of aromatic nitrogens is 4. The van der Waals surface area contributed by atoms with Crippen molar-refractivity contribution in [3.8, 4) is 0 Å². The number of nitrogens with two attached hydrogens (primary N) is 1. The van der Waals surface area contributed by atoms with Crippen LogP contribution in [0, 0.1) is 0 Å². The molecule has 7 N–H and O–H groups in total. The van der Waals surface area contributed by atoms with Crippen molar-refractivity contribution in [1.82, 2.24) is 19.5 Å². The van der Waals surface area contributed by atoms with Gasteiger partial charge in [-0.2, -0.15) is 4.98 Å². The minimum absolute atomic E-state index is 0.0358. The van der Waals surface area contributed by atoms with Gasteiger partial charge in [0.1, 0.15) is 18.3 Å². The molecule has 1 aliphatic rings. The van der Waals surface area contributed by atoms with E-state index in [2.05, 4.69) is 19.5 Å². The van der Waals surface area contributed by atoms with Gasteiger partial charge in [-0.3, -0.25) is 18.9 Å². The van der Waals surface area contributed by atoms with Crippen LogP contribution in [-0.2, 0) is 13.8 Å². The summed E-state index contributed by atoms with van der Waals surface area (Å²) in [5.41, 5.74) is 4.72. The number of ether oxygens (including phenoxy) is 1. The third-order valence-electron chi connectivity index (χ3n) is 3.48. The van der Waals surface area contributed by atoms with Gasteiger partial charge >= 0.3 is 7.82 Å². The molecule has 1 saturated heterocycles. The minimum Gasteiger partial charge on any atom is -0.394 e. The van der Waals surface area contributed by atoms with Gasteiger partial charge in [0.05, 0.1) is 12.9 Å². The van der Waals surface area contributed by atoms with E-state index in [9.17, 15) is 19.6 Å². The number of anilines is 1. The molecule has 14 heteroatoms. The Morgan fingerprint density at radius 2 is 2.21 bits per heavy atom. The molecule has 0 spiro atoms. The molecule has 0 aromatic carbocycles. The molecule has 0 saturated carbocycles. The first-order chi connectivity index (χ1) is 11.2. The molecule has 1 unspecified atom stereocenters. The Labute approximate surface area is 132 Å². The maximum atomic E-state index is 11.8. The third kappa shape index (κ3) is 2.93. The van der Waals surface area contributed by atoms with Crippen LogP contribution in [0.2, 0.25) is 0 Å². The zero-order chi connectivity index (χ0) is 17.6. The second-order valence-electron chi connectivity index (χ2n) is 5.07. The maximum absolute atomic E-state index is 11.8. The van der Waals surface area contributed by atoms with Crippen LogP contribution in [0.5, 0.6) is 0 Å². The first-order valence-corrected chi connectivity index (χ1v) is 8.15. The fourth-order valence-electron chi connectivity index (χ4n) is 2.49. The lowest BCUT2D eigenvalue weighted by atomic mass is 10.1. The monoisotopic (exact) mass is 363 g/mol. The number of rotatable bonds is 4. The summed E-state index contributed by atoms with van der Waals surface area (Å²) in [5.74, 6) is -0.209. The Balaban J connectivity index is 2.09. The van der Waals surface area contributed by atoms with Gasteiger partial charge in [0, 0.05) is 0 Å². The van der Waals surface area contributed by atoms with Gasteiger partial charge in [-0.15, -0.1) is 0 Å². The highest BCUT2D eigenvalue weighted by Crippen LogP contribution is 2.44. The summed E-state index contributed by atoms with van der Waals surface area (Å²) >= 11 is 0. The standard InChI is InChI=1S/C10H14N5O8P/c11-10-13-7-4(8(18)14-10)12-2-15(7)9-6(23-24(19,20)21)5(17)3(1-16)22-9/h2-3,5-6,9,16-17H,1H2,(H2,19,20,21)(H3,11,13,14,18)/t3-,5-,6?,9-/m1/s1. The van der Waals surface area contributed by atoms with Crippen LogP contribution in [0.25, 0.3) is 11.2 Å². The van der Waals surface area contributed by atoms with Gasteiger partial charge in [0.2, 0.25) is 5.95 Å². The zero-order valence-electron chi connectivity index (χ0n) is 11.9. The van der Waals surface area contributed by atoms with Crippen LogP contribution in [0.3, 0.4) is 0 Å². The number of H-pyrrole nitrogens is 1. The minimum atomic E-state index is -4.98. The molecule has 2 aromatic rings. The molecule has 13 nitrogen and oxygen atoms in total. The highest BCUT2D eigenvalue weighted by atomic mass is 31.2. The van der Waals surface area contributed by atoms with Crippen LogP contribution in [0.4, 0.5) is 5.95 Å². The fourth-order valence-corrected chi connectivity index (χ4v) is 3.04. The molecular weight excluding hydrogens is 349 g/mol. The summed E-state index contributed by atoms with van der Waals surface area (Å²) in [5, 5.41) is 19.3. The topological polar surface area (TPSA) is 206 Å². The van der Waals surface area contributed by atoms with Crippen molar-refractivity contribution in [2.75, 3.05) is 12.3 Å². The lowest BCUT2D eigenvalue weighted by Gasteiger charge is -2.22. The van der Waals surface area contributed by atoms with Crippen molar-refractivity contribution >= 4 is 24.9 Å². The number of nitrogens with zero attached hydrogens (tertiary/aromatic N) is 3. The number of nitrogens with one attached hydrogen (secondary N) is 1. The molecule has 0 aliphatic carbocycles. The van der Waals surface area contributed by atoms with E-state index in [4.69, 9.17) is 20.3 Å². The largest absolute Gasteiger partial charge is 0.470 e. The Hall–Kier alpha value is -1.86. The number of hydrogen-bond donors (Lipinski definition) is 6. The second-order valence-corrected chi connectivity index (χ2v) is 6.27. The molecule has 2 aromatic heterocycles. The van der Waals surface area contributed by atoms with Crippen molar-refractivity contribution in [3.63, 3.8) is 0 Å². The molecule has 4 atom stereocenters. The Kier molecular flexibility index (Phi) is 4.17. The summed E-state index contributed by atoms with van der Waals surface area (Å²) in [6, 6.07) is 0. The van der Waals surface area contributed by atoms with Gasteiger partial charge in [0.25, 0.3) is 5.56 Å². The van der Waals surface area contributed by atoms with E-state index < -0.39 is 44.5 Å². The predicted molar refractivity (Wildman–Crippen MR) is 76.5 cm³/mol. The number of phosphoric ester groups is 1. The quantitative estimate of drug-likeness (QED) is 0.311. The number of nitrogen functional groups attached to an aromatic ring is 1. The summed E-state index contributed by atoms with van der Waals surface area (Å²) in [4.78, 5) is 39.8. The summed E-state index contributed by atoms with van der Waals surface area (Å²) < 4.78 is 22.2. The number of phosphoric acid groups is 1. The summed E-state index contributed by atoms with van der Waals surface area (Å²) in [6.07, 6.45) is -4.42. The molecule has 1 aliphatic heterocycles. The van der Waals surface area contributed by atoms with E-state index in [1.807, 2.05) is 0 Å². The predicted octanol–water partition coefficient (Wildman–Crippen LogP) is -2.57. The van der Waals surface area contributed by atoms with Gasteiger partial charge in [-0.1, -0.05) is 0 Å². The van der Waals surface area contributed by atoms with Crippen molar-refractivity contribution in [2.45, 2.75) is 24.5 Å². The van der Waals surface area contributed by atoms with Crippen molar-refractivity contribution in [2.24, 2.45) is 0 Å². The van der Waals surface area contributed by atoms with E-state index in [1.54, 1.807) is 0 Å². The molecule has 3 rings (SSSR count). The van der Waals surface area contributed by atoms with Gasteiger partial charge in [-0.25, -0.2) is 9.55 Å². The average molecular weight is 363 g/mol. The number of aliphatic hydroxyl groups excluding tert-OH is 2. The van der Waals surface area contributed by atoms with Crippen LogP contribution < -0.4 is 11.3 Å². The van der Waals surface area contributed by atoms with Gasteiger partial charge in [0.15, 0.2) is 17.4 Å². The third-order valence-corrected chi connectivity index (χ3v) is 3.99. The lowest BCUT2D eigenvalue weighted by molar-refractivity contribution is -0.0505. The number of imidazole rings is 1. The van der Waals surface area contributed by atoms with Gasteiger partial charge < -0.3 is 30.5 Å². The molecular formula is C10H14N5O8P. The summed E-state index contributed by atoms with van der Waals surface area (Å²) in [7, 11) is -4.98. The molecule has 0 amide bonds. The van der Waals surface area contributed by atoms with Crippen molar-refractivity contribution in [1.29, 1.82) is 0 Å². The smallest absolute Gasteiger partial charge is 0.394 e. The Morgan fingerprint density at radius 1 is 1.50 bits per heavy atom. The molecule has 132 valence electrons. The first kappa shape index (κ1) is 17.0. The van der Waals surface area contributed by atoms with E-state index in [0.717, 1.165) is 10.9 Å². The molecule has 1 fully saturated rings. The van der Waals surface area contributed by atoms with Crippen molar-refractivity contribution in [3.05, 3.63) is 16.7 Å². The van der Waals surface area contributed by atoms with E-state index in [1.165, 1.54) is 0 Å². The normalized spacial score (nSPS) is 27.8. The van der Waals surface area contributed by atoms with E-state index >= 15 is 0 Å². The first-order valence-electron chi connectivity index (χ1n) is 6.62. The van der Waals surface area contributed by atoms with Crippen LogP contribution in [0.15, 0.2) is 11.1 Å². The summed E-state index contributed by atoms with van der Waals surface area (Å²) in [6.45, 7) is -0.624. The Bertz CT molecular complexity index is 861. The second kappa shape index (κ2) is 5.89. The van der Waals surface area contributed by atoms with Crippen LogP contribution in [-0.4, -0.2) is 64.4 Å². The van der Waals surface area contributed by atoms with Crippen LogP contribution >= 0.6 is 7.82 Å². The average Bonchev–Trinajstić information content (AvgIpc) is 3.00. The van der Waals surface area contributed by atoms with Gasteiger partial charge in [-0.05, 0) is 0 Å². The molecule has 24 heavy (non-hydrogen) atoms. The number of fused-ring (bicyclic) bond motifs is 1. The fraction of sp³-hybridized carbons (Fsp3) is 0.500. The number of hydrogen-bond acceptors (Lipinski definition) is 9. The van der Waals surface area contributed by atoms with Crippen molar-refractivity contribution < 1.29 is 33.8 Å². The maximum Gasteiger partial charge on any atom is 0.470 e. The highest BCUT2D eigenvalue weighted by Gasteiger charge is 2.48. The lowest BCUT2D eigenvalue weighted by Crippen LogP contribution is -2.34. The molecule has 0 bridgehead atoms. The molecule has 0 radical (unpaired) electrons. The van der Waals surface area contributed by atoms with E-state index in [-0.39, 0.29) is 17.1 Å². The number of aliphatic hydroxyl groups is 2. The zero-order valence-corrected chi connectivity index (χ0v) is 12.8. The molecule has 3 heterocycles. The Morgan fingerprint density at radius 3 is 2.83 bits per heavy atom. The van der Waals surface area contributed by atoms with E-state index in [0.29, 0.717) is 0 Å². The number of aromatic amines is 1. The van der Waals surface area contributed by atoms with Crippen LogP contribution in [0.1, 0.15) is 6.23 Å².